The molecule has 0 saturated carbocycles. The molecular formula is C12H13ClINO2. The van der Waals surface area contributed by atoms with E-state index in [9.17, 15) is 9.90 Å². The van der Waals surface area contributed by atoms with Gasteiger partial charge in [0.25, 0.3) is 5.91 Å². The number of carbonyl (C=O) groups is 1. The summed E-state index contributed by atoms with van der Waals surface area (Å²) in [5.41, 5.74) is 0.624. The maximum Gasteiger partial charge on any atom is 0.255 e. The third kappa shape index (κ3) is 2.74. The summed E-state index contributed by atoms with van der Waals surface area (Å²) in [5.74, 6) is -0.0338. The Morgan fingerprint density at radius 2 is 2.35 bits per heavy atom. The van der Waals surface area contributed by atoms with Crippen molar-refractivity contribution in [1.29, 1.82) is 0 Å². The van der Waals surface area contributed by atoms with Crippen molar-refractivity contribution in [2.75, 3.05) is 13.2 Å². The van der Waals surface area contributed by atoms with Crippen molar-refractivity contribution in [1.82, 2.24) is 4.90 Å². The van der Waals surface area contributed by atoms with E-state index in [1.807, 2.05) is 6.07 Å². The van der Waals surface area contributed by atoms with Gasteiger partial charge in [0.05, 0.1) is 18.2 Å². The smallest absolute Gasteiger partial charge is 0.255 e. The lowest BCUT2D eigenvalue weighted by molar-refractivity contribution is 0.0676. The zero-order chi connectivity index (χ0) is 12.4. The number of benzene rings is 1. The van der Waals surface area contributed by atoms with Gasteiger partial charge in [0, 0.05) is 15.1 Å². The summed E-state index contributed by atoms with van der Waals surface area (Å²) in [7, 11) is 0. The first-order valence-electron chi connectivity index (χ1n) is 5.50. The standard InChI is InChI=1S/C12H13ClINO2/c13-8-3-4-11(14)10(6-8)12(17)15-5-1-2-9(15)7-16/h3-4,6,9,16H,1-2,5,7H2/t9-/m1/s1. The van der Waals surface area contributed by atoms with Gasteiger partial charge in [-0.05, 0) is 53.6 Å². The third-order valence-corrected chi connectivity index (χ3v) is 4.18. The van der Waals surface area contributed by atoms with Gasteiger partial charge in [-0.25, -0.2) is 0 Å². The molecule has 1 aromatic rings. The lowest BCUT2D eigenvalue weighted by atomic mass is 10.2. The average Bonchev–Trinajstić information content (AvgIpc) is 2.79. The molecule has 0 spiro atoms. The second-order valence-electron chi connectivity index (χ2n) is 4.10. The van der Waals surface area contributed by atoms with Gasteiger partial charge in [0.1, 0.15) is 0 Å². The van der Waals surface area contributed by atoms with E-state index in [1.165, 1.54) is 0 Å². The van der Waals surface area contributed by atoms with Crippen LogP contribution in [0.25, 0.3) is 0 Å². The van der Waals surface area contributed by atoms with Crippen LogP contribution in [0.15, 0.2) is 18.2 Å². The van der Waals surface area contributed by atoms with Crippen LogP contribution < -0.4 is 0 Å². The molecule has 1 N–H and O–H groups in total. The highest BCUT2D eigenvalue weighted by atomic mass is 127. The minimum atomic E-state index is -0.0442. The van der Waals surface area contributed by atoms with E-state index in [-0.39, 0.29) is 18.6 Å². The fourth-order valence-electron chi connectivity index (χ4n) is 2.11. The molecule has 0 aliphatic carbocycles. The van der Waals surface area contributed by atoms with Crippen molar-refractivity contribution < 1.29 is 9.90 Å². The Hall–Kier alpha value is -0.330. The predicted octanol–water partition coefficient (Wildman–Crippen LogP) is 2.54. The summed E-state index contributed by atoms with van der Waals surface area (Å²) in [6.45, 7) is 0.746. The zero-order valence-corrected chi connectivity index (χ0v) is 12.1. The van der Waals surface area contributed by atoms with E-state index < -0.39 is 0 Å². The Balaban J connectivity index is 2.27. The van der Waals surface area contributed by atoms with Gasteiger partial charge < -0.3 is 10.0 Å². The van der Waals surface area contributed by atoms with Crippen LogP contribution >= 0.6 is 34.2 Å². The molecule has 0 radical (unpaired) electrons. The molecule has 1 aromatic carbocycles. The summed E-state index contributed by atoms with van der Waals surface area (Å²) in [5, 5.41) is 9.80. The molecule has 17 heavy (non-hydrogen) atoms. The lowest BCUT2D eigenvalue weighted by Gasteiger charge is -2.23. The minimum Gasteiger partial charge on any atom is -0.394 e. The molecule has 1 saturated heterocycles. The van der Waals surface area contributed by atoms with Crippen molar-refractivity contribution in [3.63, 3.8) is 0 Å². The SMILES string of the molecule is O=C(c1cc(Cl)ccc1I)N1CCC[C@@H]1CO. The Bertz CT molecular complexity index is 439. The molecule has 0 aromatic heterocycles. The largest absolute Gasteiger partial charge is 0.394 e. The normalized spacial score (nSPS) is 19.7. The van der Waals surface area contributed by atoms with E-state index in [4.69, 9.17) is 11.6 Å². The number of hydrogen-bond acceptors (Lipinski definition) is 2. The summed E-state index contributed by atoms with van der Waals surface area (Å²) in [6.07, 6.45) is 1.83. The third-order valence-electron chi connectivity index (χ3n) is 3.01. The highest BCUT2D eigenvalue weighted by Crippen LogP contribution is 2.24. The quantitative estimate of drug-likeness (QED) is 0.818. The van der Waals surface area contributed by atoms with Crippen molar-refractivity contribution in [3.05, 3.63) is 32.4 Å². The van der Waals surface area contributed by atoms with Crippen LogP contribution in [-0.2, 0) is 0 Å². The lowest BCUT2D eigenvalue weighted by Crippen LogP contribution is -2.37. The fourth-order valence-corrected chi connectivity index (χ4v) is 2.85. The van der Waals surface area contributed by atoms with Crippen LogP contribution in [0.1, 0.15) is 23.2 Å². The maximum absolute atomic E-state index is 12.3. The van der Waals surface area contributed by atoms with E-state index in [2.05, 4.69) is 22.6 Å². The number of rotatable bonds is 2. The summed E-state index contributed by atoms with van der Waals surface area (Å²) in [6, 6.07) is 5.25. The highest BCUT2D eigenvalue weighted by molar-refractivity contribution is 14.1. The van der Waals surface area contributed by atoms with Crippen LogP contribution in [0.2, 0.25) is 5.02 Å². The van der Waals surface area contributed by atoms with Gasteiger partial charge in [-0.2, -0.15) is 0 Å². The number of aliphatic hydroxyl groups is 1. The number of hydrogen-bond donors (Lipinski definition) is 1. The Labute approximate surface area is 119 Å². The van der Waals surface area contributed by atoms with E-state index in [0.29, 0.717) is 17.1 Å². The second-order valence-corrected chi connectivity index (χ2v) is 5.70. The molecule has 1 aliphatic rings. The minimum absolute atomic E-state index is 0.0306. The van der Waals surface area contributed by atoms with E-state index in [0.717, 1.165) is 16.4 Å². The number of amides is 1. The molecule has 5 heteroatoms. The van der Waals surface area contributed by atoms with Gasteiger partial charge in [-0.15, -0.1) is 0 Å². The Morgan fingerprint density at radius 3 is 3.06 bits per heavy atom. The molecule has 1 aliphatic heterocycles. The zero-order valence-electron chi connectivity index (χ0n) is 9.20. The molecule has 92 valence electrons. The van der Waals surface area contributed by atoms with Crippen molar-refractivity contribution in [2.24, 2.45) is 0 Å². The van der Waals surface area contributed by atoms with Gasteiger partial charge in [-0.1, -0.05) is 11.6 Å². The number of nitrogens with zero attached hydrogens (tertiary/aromatic N) is 1. The molecular weight excluding hydrogens is 352 g/mol. The topological polar surface area (TPSA) is 40.5 Å². The molecule has 1 amide bonds. The second kappa shape index (κ2) is 5.54. The molecule has 1 fully saturated rings. The molecule has 2 rings (SSSR count). The van der Waals surface area contributed by atoms with Gasteiger partial charge in [-0.3, -0.25) is 4.79 Å². The molecule has 0 unspecified atom stereocenters. The van der Waals surface area contributed by atoms with Gasteiger partial charge >= 0.3 is 0 Å². The number of halogens is 2. The average molecular weight is 366 g/mol. The monoisotopic (exact) mass is 365 g/mol. The van der Waals surface area contributed by atoms with Crippen molar-refractivity contribution in [3.8, 4) is 0 Å². The summed E-state index contributed by atoms with van der Waals surface area (Å²) >= 11 is 8.04. The number of likely N-dealkylation sites (tertiary alicyclic amines) is 1. The Kier molecular flexibility index (Phi) is 4.27. The first-order valence-corrected chi connectivity index (χ1v) is 6.96. The van der Waals surface area contributed by atoms with Crippen molar-refractivity contribution >= 4 is 40.1 Å². The molecule has 3 nitrogen and oxygen atoms in total. The Morgan fingerprint density at radius 1 is 1.59 bits per heavy atom. The first-order chi connectivity index (χ1) is 8.13. The molecule has 1 atom stereocenters. The van der Waals surface area contributed by atoms with Gasteiger partial charge in [0.15, 0.2) is 0 Å². The predicted molar refractivity (Wildman–Crippen MR) is 75.3 cm³/mol. The van der Waals surface area contributed by atoms with Crippen LogP contribution in [0.5, 0.6) is 0 Å². The van der Waals surface area contributed by atoms with E-state index >= 15 is 0 Å². The van der Waals surface area contributed by atoms with Crippen LogP contribution in [0.4, 0.5) is 0 Å². The molecule has 0 bridgehead atoms. The van der Waals surface area contributed by atoms with Crippen LogP contribution in [0.3, 0.4) is 0 Å². The first kappa shape index (κ1) is 13.1. The number of aliphatic hydroxyl groups excluding tert-OH is 1. The maximum atomic E-state index is 12.3. The van der Waals surface area contributed by atoms with Gasteiger partial charge in [0.2, 0.25) is 0 Å². The summed E-state index contributed by atoms with van der Waals surface area (Å²) in [4.78, 5) is 14.1. The highest BCUT2D eigenvalue weighted by Gasteiger charge is 2.29. The fraction of sp³-hybridized carbons (Fsp3) is 0.417. The van der Waals surface area contributed by atoms with Crippen LogP contribution in [0, 0.1) is 3.57 Å². The number of carbonyl (C=O) groups excluding carboxylic acids is 1. The van der Waals surface area contributed by atoms with Crippen molar-refractivity contribution in [2.45, 2.75) is 18.9 Å². The molecule has 1 heterocycles. The van der Waals surface area contributed by atoms with Crippen LogP contribution in [-0.4, -0.2) is 35.1 Å². The summed E-state index contributed by atoms with van der Waals surface area (Å²) < 4.78 is 0.889. The van der Waals surface area contributed by atoms with E-state index in [1.54, 1.807) is 17.0 Å².